The fourth-order valence-corrected chi connectivity index (χ4v) is 5.27. The van der Waals surface area contributed by atoms with Crippen molar-refractivity contribution in [3.63, 3.8) is 0 Å². The van der Waals surface area contributed by atoms with Gasteiger partial charge in [0.25, 0.3) is 0 Å². The highest BCUT2D eigenvalue weighted by Gasteiger charge is 2.29. The second-order valence-electron chi connectivity index (χ2n) is 6.40. The van der Waals surface area contributed by atoms with Gasteiger partial charge in [-0.25, -0.2) is 8.42 Å². The Bertz CT molecular complexity index is 942. The second-order valence-corrected chi connectivity index (χ2v) is 9.12. The van der Waals surface area contributed by atoms with Crippen LogP contribution < -0.4 is 5.32 Å². The van der Waals surface area contributed by atoms with Crippen LogP contribution in [-0.4, -0.2) is 31.7 Å². The molecule has 8 heteroatoms. The Morgan fingerprint density at radius 2 is 1.74 bits per heavy atom. The zero-order chi connectivity index (χ0) is 19.4. The number of nitrogens with one attached hydrogen (secondary N) is 1. The summed E-state index contributed by atoms with van der Waals surface area (Å²) in [7, 11) is -3.66. The van der Waals surface area contributed by atoms with Crippen LogP contribution in [-0.2, 0) is 21.2 Å². The predicted molar refractivity (Wildman–Crippen MR) is 108 cm³/mol. The van der Waals surface area contributed by atoms with Gasteiger partial charge in [-0.2, -0.15) is 4.31 Å². The molecule has 2 aromatic rings. The lowest BCUT2D eigenvalue weighted by Gasteiger charge is -2.17. The minimum absolute atomic E-state index is 0.0231. The van der Waals surface area contributed by atoms with Gasteiger partial charge >= 0.3 is 0 Å². The van der Waals surface area contributed by atoms with Crippen LogP contribution in [0.1, 0.15) is 24.8 Å². The van der Waals surface area contributed by atoms with Crippen molar-refractivity contribution in [3.8, 4) is 0 Å². The Kier molecular flexibility index (Phi) is 6.42. The van der Waals surface area contributed by atoms with Gasteiger partial charge in [0.15, 0.2) is 0 Å². The van der Waals surface area contributed by atoms with E-state index in [1.54, 1.807) is 12.1 Å². The quantitative estimate of drug-likeness (QED) is 0.746. The van der Waals surface area contributed by atoms with Gasteiger partial charge in [0.05, 0.1) is 5.02 Å². The van der Waals surface area contributed by atoms with Crippen LogP contribution in [0.5, 0.6) is 0 Å². The molecule has 3 rings (SSSR count). The van der Waals surface area contributed by atoms with Gasteiger partial charge in [-0.15, -0.1) is 0 Å². The maximum atomic E-state index is 12.8. The highest BCUT2D eigenvalue weighted by Crippen LogP contribution is 2.29. The minimum atomic E-state index is -3.66. The number of halogens is 2. The lowest BCUT2D eigenvalue weighted by molar-refractivity contribution is -0.116. The molecule has 144 valence electrons. The van der Waals surface area contributed by atoms with Gasteiger partial charge in [0.2, 0.25) is 15.9 Å². The Balaban J connectivity index is 1.70. The lowest BCUT2D eigenvalue weighted by Crippen LogP contribution is -2.28. The topological polar surface area (TPSA) is 66.5 Å². The molecule has 0 saturated carbocycles. The van der Waals surface area contributed by atoms with E-state index in [-0.39, 0.29) is 22.2 Å². The number of amides is 1. The van der Waals surface area contributed by atoms with Gasteiger partial charge < -0.3 is 5.32 Å². The number of sulfonamides is 1. The van der Waals surface area contributed by atoms with E-state index < -0.39 is 10.0 Å². The largest absolute Gasteiger partial charge is 0.326 e. The number of hydrogen-bond donors (Lipinski definition) is 1. The normalized spacial score (nSPS) is 15.0. The maximum Gasteiger partial charge on any atom is 0.244 e. The van der Waals surface area contributed by atoms with E-state index in [4.69, 9.17) is 23.2 Å². The summed E-state index contributed by atoms with van der Waals surface area (Å²) in [5.41, 5.74) is 1.30. The first-order valence-electron chi connectivity index (χ1n) is 8.71. The summed E-state index contributed by atoms with van der Waals surface area (Å²) in [6.45, 7) is 0.986. The first-order valence-corrected chi connectivity index (χ1v) is 10.9. The molecule has 0 radical (unpaired) electrons. The third-order valence-corrected chi connectivity index (χ3v) is 7.23. The summed E-state index contributed by atoms with van der Waals surface area (Å²) in [4.78, 5) is 12.3. The minimum Gasteiger partial charge on any atom is -0.326 e. The molecule has 0 bridgehead atoms. The Morgan fingerprint density at radius 1 is 1.04 bits per heavy atom. The van der Waals surface area contributed by atoms with Gasteiger partial charge in [0.1, 0.15) is 4.90 Å². The van der Waals surface area contributed by atoms with Crippen LogP contribution in [0.2, 0.25) is 10.0 Å². The van der Waals surface area contributed by atoms with Crippen molar-refractivity contribution in [2.24, 2.45) is 0 Å². The summed E-state index contributed by atoms with van der Waals surface area (Å²) in [5.74, 6) is -0.221. The van der Waals surface area contributed by atoms with Crippen molar-refractivity contribution in [2.45, 2.75) is 30.6 Å². The number of hydrogen-bond acceptors (Lipinski definition) is 3. The van der Waals surface area contributed by atoms with E-state index in [2.05, 4.69) is 5.32 Å². The molecule has 1 aliphatic heterocycles. The fourth-order valence-electron chi connectivity index (χ4n) is 3.02. The van der Waals surface area contributed by atoms with Crippen molar-refractivity contribution in [1.82, 2.24) is 4.31 Å². The molecule has 1 saturated heterocycles. The molecule has 1 amide bonds. The maximum absolute atomic E-state index is 12.8. The van der Waals surface area contributed by atoms with Crippen molar-refractivity contribution in [1.29, 1.82) is 0 Å². The van der Waals surface area contributed by atoms with Gasteiger partial charge in [0, 0.05) is 30.2 Å². The van der Waals surface area contributed by atoms with E-state index >= 15 is 0 Å². The van der Waals surface area contributed by atoms with E-state index in [1.165, 1.54) is 16.4 Å². The van der Waals surface area contributed by atoms with Crippen LogP contribution in [0.3, 0.4) is 0 Å². The molecule has 27 heavy (non-hydrogen) atoms. The van der Waals surface area contributed by atoms with Crippen molar-refractivity contribution >= 4 is 44.8 Å². The lowest BCUT2D eigenvalue weighted by atomic mass is 10.1. The SMILES string of the molecule is O=C(CCc1ccccc1Cl)Nc1ccc(Cl)c(S(=O)(=O)N2CCCC2)c1. The molecule has 1 N–H and O–H groups in total. The third-order valence-electron chi connectivity index (χ3n) is 4.48. The molecule has 1 aliphatic rings. The fraction of sp³-hybridized carbons (Fsp3) is 0.316. The van der Waals surface area contributed by atoms with Crippen LogP contribution in [0.25, 0.3) is 0 Å². The number of carbonyl (C=O) groups is 1. The highest BCUT2D eigenvalue weighted by molar-refractivity contribution is 7.89. The van der Waals surface area contributed by atoms with Crippen LogP contribution in [0.4, 0.5) is 5.69 Å². The molecule has 0 aromatic heterocycles. The van der Waals surface area contributed by atoms with Crippen LogP contribution in [0, 0.1) is 0 Å². The summed E-state index contributed by atoms with van der Waals surface area (Å²) in [6, 6.07) is 11.9. The molecular weight excluding hydrogens is 407 g/mol. The summed E-state index contributed by atoms with van der Waals surface area (Å²) in [6.07, 6.45) is 2.42. The summed E-state index contributed by atoms with van der Waals surface area (Å²) < 4.78 is 26.9. The van der Waals surface area contributed by atoms with Gasteiger partial charge in [-0.3, -0.25) is 4.79 Å². The van der Waals surface area contributed by atoms with Gasteiger partial charge in [-0.05, 0) is 49.1 Å². The third kappa shape index (κ3) is 4.82. The van der Waals surface area contributed by atoms with Crippen molar-refractivity contribution in [3.05, 3.63) is 58.1 Å². The van der Waals surface area contributed by atoms with Crippen LogP contribution in [0.15, 0.2) is 47.4 Å². The predicted octanol–water partition coefficient (Wildman–Crippen LogP) is 4.35. The number of carbonyl (C=O) groups excluding carboxylic acids is 1. The van der Waals surface area contributed by atoms with E-state index in [9.17, 15) is 13.2 Å². The standard InChI is InChI=1S/C19H20Cl2N2O3S/c20-16-6-2-1-5-14(16)7-10-19(24)22-15-8-9-17(21)18(13-15)27(25,26)23-11-3-4-12-23/h1-2,5-6,8-9,13H,3-4,7,10-12H2,(H,22,24). The molecule has 1 fully saturated rings. The summed E-state index contributed by atoms with van der Waals surface area (Å²) >= 11 is 12.2. The number of nitrogens with zero attached hydrogens (tertiary/aromatic N) is 1. The van der Waals surface area contributed by atoms with Gasteiger partial charge in [-0.1, -0.05) is 41.4 Å². The molecule has 5 nitrogen and oxygen atoms in total. The molecule has 0 aliphatic carbocycles. The molecule has 0 atom stereocenters. The molecular formula is C19H20Cl2N2O3S. The zero-order valence-electron chi connectivity index (χ0n) is 14.6. The highest BCUT2D eigenvalue weighted by atomic mass is 35.5. The van der Waals surface area contributed by atoms with Crippen molar-refractivity contribution < 1.29 is 13.2 Å². The Labute approximate surface area is 169 Å². The van der Waals surface area contributed by atoms with Crippen molar-refractivity contribution in [2.75, 3.05) is 18.4 Å². The smallest absolute Gasteiger partial charge is 0.244 e. The number of rotatable bonds is 6. The Morgan fingerprint density at radius 3 is 2.44 bits per heavy atom. The molecule has 2 aromatic carbocycles. The van der Waals surface area contributed by atoms with Crippen LogP contribution >= 0.6 is 23.2 Å². The first kappa shape index (κ1) is 20.1. The monoisotopic (exact) mass is 426 g/mol. The molecule has 0 unspecified atom stereocenters. The second kappa shape index (κ2) is 8.61. The van der Waals surface area contributed by atoms with E-state index in [1.807, 2.05) is 18.2 Å². The first-order chi connectivity index (χ1) is 12.9. The average molecular weight is 427 g/mol. The molecule has 1 heterocycles. The van der Waals surface area contributed by atoms with E-state index in [0.717, 1.165) is 18.4 Å². The number of benzene rings is 2. The zero-order valence-corrected chi connectivity index (χ0v) is 16.9. The number of anilines is 1. The van der Waals surface area contributed by atoms with E-state index in [0.29, 0.717) is 30.2 Å². The Hall–Kier alpha value is -1.60. The average Bonchev–Trinajstić information content (AvgIpc) is 3.18. The summed E-state index contributed by atoms with van der Waals surface area (Å²) in [5, 5.41) is 3.51. The number of aryl methyl sites for hydroxylation is 1. The molecule has 0 spiro atoms.